The monoisotopic (exact) mass is 302 g/mol. The summed E-state index contributed by atoms with van der Waals surface area (Å²) in [5.74, 6) is 0.237. The highest BCUT2D eigenvalue weighted by Gasteiger charge is 2.22. The lowest BCUT2D eigenvalue weighted by Gasteiger charge is -2.32. The molecule has 0 spiro atoms. The lowest BCUT2D eigenvalue weighted by Crippen LogP contribution is -2.46. The van der Waals surface area contributed by atoms with Crippen molar-refractivity contribution in [1.82, 2.24) is 10.2 Å². The lowest BCUT2D eigenvalue weighted by atomic mass is 10.0. The quantitative estimate of drug-likeness (QED) is 0.907. The van der Waals surface area contributed by atoms with E-state index in [2.05, 4.69) is 36.5 Å². The minimum absolute atomic E-state index is 0.0142. The first kappa shape index (κ1) is 16.5. The zero-order chi connectivity index (χ0) is 15.9. The summed E-state index contributed by atoms with van der Waals surface area (Å²) >= 11 is 0. The second-order valence-corrected chi connectivity index (χ2v) is 6.03. The van der Waals surface area contributed by atoms with E-state index in [9.17, 15) is 9.59 Å². The molecule has 0 bridgehead atoms. The van der Waals surface area contributed by atoms with Crippen LogP contribution in [-0.2, 0) is 22.4 Å². The number of aryl methyl sites for hydroxylation is 2. The van der Waals surface area contributed by atoms with E-state index in [0.717, 1.165) is 38.8 Å². The maximum Gasteiger partial charge on any atom is 0.222 e. The molecule has 2 amide bonds. The molecular weight excluding hydrogens is 276 g/mol. The molecule has 1 heterocycles. The first-order chi connectivity index (χ1) is 10.6. The molecule has 1 saturated heterocycles. The molecule has 120 valence electrons. The topological polar surface area (TPSA) is 49.4 Å². The minimum Gasteiger partial charge on any atom is -0.353 e. The van der Waals surface area contributed by atoms with Crippen LogP contribution in [0, 0.1) is 0 Å². The van der Waals surface area contributed by atoms with Gasteiger partial charge in [-0.15, -0.1) is 0 Å². The van der Waals surface area contributed by atoms with Crippen molar-refractivity contribution in [3.05, 3.63) is 35.4 Å². The molecular formula is C18H26N2O2. The van der Waals surface area contributed by atoms with Gasteiger partial charge in [-0.1, -0.05) is 31.2 Å². The van der Waals surface area contributed by atoms with Gasteiger partial charge in [0.25, 0.3) is 0 Å². The Morgan fingerprint density at radius 1 is 1.14 bits per heavy atom. The molecule has 0 unspecified atom stereocenters. The Morgan fingerprint density at radius 3 is 2.27 bits per heavy atom. The number of piperidine rings is 1. The lowest BCUT2D eigenvalue weighted by molar-refractivity contribution is -0.132. The number of benzene rings is 1. The van der Waals surface area contributed by atoms with Gasteiger partial charge >= 0.3 is 0 Å². The Labute approximate surface area is 132 Å². The van der Waals surface area contributed by atoms with Gasteiger partial charge < -0.3 is 10.2 Å². The number of nitrogens with zero attached hydrogens (tertiary/aromatic N) is 1. The molecule has 1 N–H and O–H groups in total. The van der Waals surface area contributed by atoms with Gasteiger partial charge in [-0.05, 0) is 36.8 Å². The summed E-state index contributed by atoms with van der Waals surface area (Å²) in [5.41, 5.74) is 2.55. The summed E-state index contributed by atoms with van der Waals surface area (Å²) < 4.78 is 0. The van der Waals surface area contributed by atoms with E-state index in [1.54, 1.807) is 6.92 Å². The predicted octanol–water partition coefficient (Wildman–Crippen LogP) is 2.31. The van der Waals surface area contributed by atoms with Gasteiger partial charge in [-0.3, -0.25) is 9.59 Å². The van der Waals surface area contributed by atoms with Gasteiger partial charge in [0.1, 0.15) is 0 Å². The normalized spacial score (nSPS) is 15.6. The Morgan fingerprint density at radius 2 is 1.73 bits per heavy atom. The van der Waals surface area contributed by atoms with Crippen molar-refractivity contribution in [3.63, 3.8) is 0 Å². The Balaban J connectivity index is 1.74. The first-order valence-corrected chi connectivity index (χ1v) is 8.21. The molecule has 0 aliphatic carbocycles. The molecule has 4 nitrogen and oxygen atoms in total. The number of likely N-dealkylation sites (tertiary alicyclic amines) is 1. The van der Waals surface area contributed by atoms with E-state index in [4.69, 9.17) is 0 Å². The van der Waals surface area contributed by atoms with Crippen LogP contribution in [0.4, 0.5) is 0 Å². The number of hydrogen-bond donors (Lipinski definition) is 1. The molecule has 0 saturated carbocycles. The van der Waals surface area contributed by atoms with Gasteiger partial charge in [0.05, 0.1) is 0 Å². The van der Waals surface area contributed by atoms with Crippen molar-refractivity contribution >= 4 is 11.8 Å². The van der Waals surface area contributed by atoms with Crippen LogP contribution in [0.2, 0.25) is 0 Å². The Hall–Kier alpha value is -1.84. The fourth-order valence-electron chi connectivity index (χ4n) is 2.91. The van der Waals surface area contributed by atoms with E-state index in [1.165, 1.54) is 11.1 Å². The molecule has 1 aliphatic heterocycles. The highest BCUT2D eigenvalue weighted by molar-refractivity contribution is 5.76. The van der Waals surface area contributed by atoms with Crippen LogP contribution >= 0.6 is 0 Å². The highest BCUT2D eigenvalue weighted by Crippen LogP contribution is 2.13. The Bertz CT molecular complexity index is 502. The zero-order valence-corrected chi connectivity index (χ0v) is 13.6. The minimum atomic E-state index is 0.0142. The van der Waals surface area contributed by atoms with Crippen LogP contribution in [0.5, 0.6) is 0 Å². The van der Waals surface area contributed by atoms with Gasteiger partial charge in [0, 0.05) is 32.5 Å². The van der Waals surface area contributed by atoms with Gasteiger partial charge in [-0.25, -0.2) is 0 Å². The van der Waals surface area contributed by atoms with Crippen molar-refractivity contribution in [1.29, 1.82) is 0 Å². The highest BCUT2D eigenvalue weighted by atomic mass is 16.2. The average molecular weight is 302 g/mol. The largest absolute Gasteiger partial charge is 0.353 e. The zero-order valence-electron chi connectivity index (χ0n) is 13.6. The fraction of sp³-hybridized carbons (Fsp3) is 0.556. The molecule has 0 radical (unpaired) electrons. The van der Waals surface area contributed by atoms with Gasteiger partial charge in [0.2, 0.25) is 11.8 Å². The number of rotatable bonds is 5. The number of amides is 2. The van der Waals surface area contributed by atoms with Crippen LogP contribution in [0.3, 0.4) is 0 Å². The number of carbonyl (C=O) groups is 2. The summed E-state index contributed by atoms with van der Waals surface area (Å²) in [6, 6.07) is 8.74. The van der Waals surface area contributed by atoms with Crippen molar-refractivity contribution in [2.24, 2.45) is 0 Å². The first-order valence-electron chi connectivity index (χ1n) is 8.21. The van der Waals surface area contributed by atoms with E-state index >= 15 is 0 Å². The van der Waals surface area contributed by atoms with E-state index in [1.807, 2.05) is 4.90 Å². The summed E-state index contributed by atoms with van der Waals surface area (Å²) in [6.07, 6.45) is 4.13. The maximum absolute atomic E-state index is 12.3. The second-order valence-electron chi connectivity index (χ2n) is 6.03. The molecule has 22 heavy (non-hydrogen) atoms. The molecule has 0 atom stereocenters. The van der Waals surface area contributed by atoms with Crippen LogP contribution in [0.25, 0.3) is 0 Å². The van der Waals surface area contributed by atoms with Crippen LogP contribution in [0.1, 0.15) is 44.2 Å². The summed E-state index contributed by atoms with van der Waals surface area (Å²) in [4.78, 5) is 25.2. The molecule has 1 aromatic rings. The predicted molar refractivity (Wildman–Crippen MR) is 87.6 cm³/mol. The standard InChI is InChI=1S/C18H26N2O2/c1-3-15-4-6-16(7-5-15)8-9-18(22)20-12-10-17(11-13-20)19-14(2)21/h4-7,17H,3,8-13H2,1-2H3,(H,19,21). The van der Waals surface area contributed by atoms with Gasteiger partial charge in [-0.2, -0.15) is 0 Å². The van der Waals surface area contributed by atoms with Crippen molar-refractivity contribution in [2.45, 2.75) is 52.0 Å². The SMILES string of the molecule is CCc1ccc(CCC(=O)N2CCC(NC(C)=O)CC2)cc1. The Kier molecular flexibility index (Phi) is 5.99. The summed E-state index contributed by atoms with van der Waals surface area (Å²) in [7, 11) is 0. The maximum atomic E-state index is 12.3. The third-order valence-electron chi connectivity index (χ3n) is 4.31. The van der Waals surface area contributed by atoms with Crippen LogP contribution in [0.15, 0.2) is 24.3 Å². The van der Waals surface area contributed by atoms with Crippen molar-refractivity contribution in [2.75, 3.05) is 13.1 Å². The van der Waals surface area contributed by atoms with Crippen LogP contribution in [-0.4, -0.2) is 35.8 Å². The molecule has 2 rings (SSSR count). The third-order valence-corrected chi connectivity index (χ3v) is 4.31. The fourth-order valence-corrected chi connectivity index (χ4v) is 2.91. The summed E-state index contributed by atoms with van der Waals surface area (Å²) in [5, 5.41) is 2.93. The number of hydrogen-bond acceptors (Lipinski definition) is 2. The van der Waals surface area contributed by atoms with E-state index in [-0.39, 0.29) is 17.9 Å². The average Bonchev–Trinajstić information content (AvgIpc) is 2.53. The third kappa shape index (κ3) is 4.86. The summed E-state index contributed by atoms with van der Waals surface area (Å²) in [6.45, 7) is 5.18. The molecule has 1 aromatic carbocycles. The van der Waals surface area contributed by atoms with E-state index in [0.29, 0.717) is 6.42 Å². The molecule has 1 fully saturated rings. The van der Waals surface area contributed by atoms with Crippen LogP contribution < -0.4 is 5.32 Å². The van der Waals surface area contributed by atoms with E-state index < -0.39 is 0 Å². The van der Waals surface area contributed by atoms with Crippen molar-refractivity contribution < 1.29 is 9.59 Å². The molecule has 4 heteroatoms. The van der Waals surface area contributed by atoms with Crippen molar-refractivity contribution in [3.8, 4) is 0 Å². The van der Waals surface area contributed by atoms with Gasteiger partial charge in [0.15, 0.2) is 0 Å². The smallest absolute Gasteiger partial charge is 0.222 e. The second kappa shape index (κ2) is 7.97. The molecule has 1 aliphatic rings. The number of carbonyl (C=O) groups excluding carboxylic acids is 2. The molecule has 0 aromatic heterocycles. The number of nitrogens with one attached hydrogen (secondary N) is 1.